The Morgan fingerprint density at radius 2 is 2.00 bits per heavy atom. The standard InChI is InChI=1S/C12H20O4.Na.H/c1-3-5-6-10(4-2)9-16-12(15)8-7-11(13)14;;/h7-8,10H,3-6,9H2,1-2H3,(H,13,14);;/q;+1;-1/b8-7-;;. The van der Waals surface area contributed by atoms with Crippen LogP contribution in [0.4, 0.5) is 0 Å². The molecule has 5 heteroatoms. The number of rotatable bonds is 8. The van der Waals surface area contributed by atoms with Crippen molar-refractivity contribution in [3.63, 3.8) is 0 Å². The number of carboxylic acid groups (broad SMARTS) is 1. The number of carboxylic acids is 1. The van der Waals surface area contributed by atoms with E-state index in [0.29, 0.717) is 12.5 Å². The molecule has 0 rings (SSSR count). The predicted octanol–water partition coefficient (Wildman–Crippen LogP) is -0.497. The van der Waals surface area contributed by atoms with E-state index in [1.54, 1.807) is 0 Å². The first kappa shape index (κ1) is 19.0. The summed E-state index contributed by atoms with van der Waals surface area (Å²) in [6.07, 6.45) is 5.99. The van der Waals surface area contributed by atoms with E-state index in [1.165, 1.54) is 0 Å². The molecule has 0 spiro atoms. The van der Waals surface area contributed by atoms with E-state index in [9.17, 15) is 9.59 Å². The zero-order chi connectivity index (χ0) is 12.4. The normalized spacial score (nSPS) is 11.9. The molecule has 0 amide bonds. The van der Waals surface area contributed by atoms with E-state index in [2.05, 4.69) is 13.8 Å². The van der Waals surface area contributed by atoms with Crippen LogP contribution < -0.4 is 29.6 Å². The van der Waals surface area contributed by atoms with Crippen molar-refractivity contribution in [3.05, 3.63) is 12.2 Å². The van der Waals surface area contributed by atoms with Crippen molar-refractivity contribution in [1.29, 1.82) is 0 Å². The van der Waals surface area contributed by atoms with Crippen LogP contribution in [0, 0.1) is 5.92 Å². The third kappa shape index (κ3) is 11.9. The van der Waals surface area contributed by atoms with Crippen LogP contribution in [0.1, 0.15) is 41.0 Å². The molecule has 0 aliphatic rings. The van der Waals surface area contributed by atoms with E-state index in [0.717, 1.165) is 37.8 Å². The number of carbonyl (C=O) groups is 2. The maximum Gasteiger partial charge on any atom is 1.00 e. The van der Waals surface area contributed by atoms with Gasteiger partial charge in [-0.1, -0.05) is 33.1 Å². The van der Waals surface area contributed by atoms with Crippen LogP contribution in [0.2, 0.25) is 0 Å². The first-order valence-corrected chi connectivity index (χ1v) is 5.67. The molecule has 4 nitrogen and oxygen atoms in total. The smallest absolute Gasteiger partial charge is 1.00 e. The monoisotopic (exact) mass is 252 g/mol. The molecule has 0 aliphatic carbocycles. The number of hydrogen-bond acceptors (Lipinski definition) is 3. The van der Waals surface area contributed by atoms with Crippen LogP contribution in [0.25, 0.3) is 0 Å². The summed E-state index contributed by atoms with van der Waals surface area (Å²) in [6.45, 7) is 4.55. The molecule has 94 valence electrons. The number of esters is 1. The molecule has 1 unspecified atom stereocenters. The van der Waals surface area contributed by atoms with Crippen LogP contribution in [0.3, 0.4) is 0 Å². The summed E-state index contributed by atoms with van der Waals surface area (Å²) in [5.74, 6) is -1.35. The largest absolute Gasteiger partial charge is 1.00 e. The van der Waals surface area contributed by atoms with Crippen LogP contribution >= 0.6 is 0 Å². The molecule has 1 N–H and O–H groups in total. The number of aliphatic carboxylic acids is 1. The maximum absolute atomic E-state index is 11.1. The number of ether oxygens (including phenoxy) is 1. The van der Waals surface area contributed by atoms with Gasteiger partial charge in [-0.05, 0) is 12.3 Å². The van der Waals surface area contributed by atoms with Crippen LogP contribution in [0.5, 0.6) is 0 Å². The number of unbranched alkanes of at least 4 members (excludes halogenated alkanes) is 1. The van der Waals surface area contributed by atoms with Crippen LogP contribution in [0.15, 0.2) is 12.2 Å². The van der Waals surface area contributed by atoms with Crippen LogP contribution in [-0.4, -0.2) is 23.7 Å². The minimum absolute atomic E-state index is 0. The topological polar surface area (TPSA) is 63.6 Å². The van der Waals surface area contributed by atoms with Gasteiger partial charge in [0.15, 0.2) is 0 Å². The Kier molecular flexibility index (Phi) is 13.6. The minimum Gasteiger partial charge on any atom is -1.00 e. The van der Waals surface area contributed by atoms with Gasteiger partial charge in [0.25, 0.3) is 0 Å². The van der Waals surface area contributed by atoms with Gasteiger partial charge < -0.3 is 11.3 Å². The van der Waals surface area contributed by atoms with Gasteiger partial charge >= 0.3 is 41.5 Å². The Bertz CT molecular complexity index is 256. The second-order valence-electron chi connectivity index (χ2n) is 3.72. The second-order valence-corrected chi connectivity index (χ2v) is 3.72. The fraction of sp³-hybridized carbons (Fsp3) is 0.667. The van der Waals surface area contributed by atoms with Gasteiger partial charge in [-0.25, -0.2) is 9.59 Å². The van der Waals surface area contributed by atoms with Crippen molar-refractivity contribution in [2.45, 2.75) is 39.5 Å². The molecule has 0 bridgehead atoms. The molecule has 0 heterocycles. The van der Waals surface area contributed by atoms with Crippen molar-refractivity contribution in [1.82, 2.24) is 0 Å². The third-order valence-electron chi connectivity index (χ3n) is 2.37. The van der Waals surface area contributed by atoms with Gasteiger partial charge in [0.2, 0.25) is 0 Å². The Hall–Kier alpha value is -0.320. The van der Waals surface area contributed by atoms with Gasteiger partial charge in [0.1, 0.15) is 0 Å². The van der Waals surface area contributed by atoms with Crippen molar-refractivity contribution in [2.24, 2.45) is 5.92 Å². The van der Waals surface area contributed by atoms with E-state index in [4.69, 9.17) is 9.84 Å². The van der Waals surface area contributed by atoms with Crippen molar-refractivity contribution in [3.8, 4) is 0 Å². The Balaban J connectivity index is -0.00000112. The fourth-order valence-corrected chi connectivity index (χ4v) is 1.29. The molecule has 0 saturated carbocycles. The first-order valence-electron chi connectivity index (χ1n) is 5.67. The van der Waals surface area contributed by atoms with Crippen molar-refractivity contribution >= 4 is 11.9 Å². The van der Waals surface area contributed by atoms with Gasteiger partial charge in [-0.2, -0.15) is 0 Å². The molecule has 0 aromatic carbocycles. The molecule has 0 radical (unpaired) electrons. The third-order valence-corrected chi connectivity index (χ3v) is 2.37. The summed E-state index contributed by atoms with van der Waals surface area (Å²) in [6, 6.07) is 0. The average Bonchev–Trinajstić information content (AvgIpc) is 2.26. The minimum atomic E-state index is -1.14. The molecular weight excluding hydrogens is 231 g/mol. The quantitative estimate of drug-likeness (QED) is 0.359. The van der Waals surface area contributed by atoms with Crippen molar-refractivity contribution < 1.29 is 50.4 Å². The Morgan fingerprint density at radius 3 is 2.47 bits per heavy atom. The van der Waals surface area contributed by atoms with E-state index in [1.807, 2.05) is 0 Å². The summed E-state index contributed by atoms with van der Waals surface area (Å²) in [4.78, 5) is 21.2. The molecule has 17 heavy (non-hydrogen) atoms. The molecule has 0 aliphatic heterocycles. The average molecular weight is 252 g/mol. The summed E-state index contributed by atoms with van der Waals surface area (Å²) >= 11 is 0. The Labute approximate surface area is 126 Å². The SMILES string of the molecule is CCCCC(CC)COC(=O)/C=C\C(=O)O.[H-].[Na+]. The summed E-state index contributed by atoms with van der Waals surface area (Å²) in [5.41, 5.74) is 0. The maximum atomic E-state index is 11.1. The zero-order valence-electron chi connectivity index (χ0n) is 11.9. The van der Waals surface area contributed by atoms with Gasteiger partial charge in [0, 0.05) is 12.2 Å². The molecule has 1 atom stereocenters. The fourth-order valence-electron chi connectivity index (χ4n) is 1.29. The second kappa shape index (κ2) is 12.1. The van der Waals surface area contributed by atoms with E-state index in [-0.39, 0.29) is 31.0 Å². The van der Waals surface area contributed by atoms with Crippen molar-refractivity contribution in [2.75, 3.05) is 6.61 Å². The molecule has 0 aromatic heterocycles. The summed E-state index contributed by atoms with van der Waals surface area (Å²) in [7, 11) is 0. The van der Waals surface area contributed by atoms with E-state index >= 15 is 0 Å². The van der Waals surface area contributed by atoms with Gasteiger partial charge in [0.05, 0.1) is 6.61 Å². The zero-order valence-corrected chi connectivity index (χ0v) is 12.9. The molecule has 0 fully saturated rings. The molecule has 0 saturated heterocycles. The van der Waals surface area contributed by atoms with Gasteiger partial charge in [-0.15, -0.1) is 0 Å². The van der Waals surface area contributed by atoms with E-state index < -0.39 is 11.9 Å². The van der Waals surface area contributed by atoms with Crippen LogP contribution in [-0.2, 0) is 14.3 Å². The number of hydrogen-bond donors (Lipinski definition) is 1. The summed E-state index contributed by atoms with van der Waals surface area (Å²) in [5, 5.41) is 8.31. The predicted molar refractivity (Wildman–Crippen MR) is 62.2 cm³/mol. The first-order chi connectivity index (χ1) is 7.60. The molecular formula is C12H21NaO4. The molecule has 0 aromatic rings. The number of carbonyl (C=O) groups excluding carboxylic acids is 1. The Morgan fingerprint density at radius 1 is 1.35 bits per heavy atom. The van der Waals surface area contributed by atoms with Gasteiger partial charge in [-0.3, -0.25) is 0 Å². The summed E-state index contributed by atoms with van der Waals surface area (Å²) < 4.78 is 4.95.